The summed E-state index contributed by atoms with van der Waals surface area (Å²) in [5, 5.41) is 0. The predicted octanol–water partition coefficient (Wildman–Crippen LogP) is 1.13. The van der Waals surface area contributed by atoms with Crippen LogP contribution >= 0.6 is 0 Å². The number of hydrogen-bond acceptors (Lipinski definition) is 3. The molecule has 0 unspecified atom stereocenters. The highest BCUT2D eigenvalue weighted by Crippen LogP contribution is 2.10. The molecule has 1 aromatic rings. The molecular weight excluding hydrogens is 200 g/mol. The summed E-state index contributed by atoms with van der Waals surface area (Å²) in [4.78, 5) is 8.81. The third-order valence-electron chi connectivity index (χ3n) is 3.14. The SMILES string of the molecule is CCN1CCN(Cc2ccnc([NH])c2)CC1. The molecule has 16 heavy (non-hydrogen) atoms. The van der Waals surface area contributed by atoms with Crippen molar-refractivity contribution >= 4 is 5.82 Å². The molecule has 1 fully saturated rings. The highest BCUT2D eigenvalue weighted by Gasteiger charge is 2.15. The lowest BCUT2D eigenvalue weighted by molar-refractivity contribution is 0.132. The van der Waals surface area contributed by atoms with Crippen LogP contribution in [0.1, 0.15) is 12.5 Å². The van der Waals surface area contributed by atoms with E-state index in [2.05, 4.69) is 21.7 Å². The lowest BCUT2D eigenvalue weighted by Crippen LogP contribution is -2.45. The Morgan fingerprint density at radius 3 is 2.56 bits per heavy atom. The summed E-state index contributed by atoms with van der Waals surface area (Å²) >= 11 is 0. The van der Waals surface area contributed by atoms with Gasteiger partial charge in [0.25, 0.3) is 0 Å². The number of likely N-dealkylation sites (N-methyl/N-ethyl adjacent to an activating group) is 1. The van der Waals surface area contributed by atoms with Crippen molar-refractivity contribution in [3.63, 3.8) is 0 Å². The van der Waals surface area contributed by atoms with Crippen molar-refractivity contribution in [3.05, 3.63) is 23.9 Å². The van der Waals surface area contributed by atoms with Crippen LogP contribution in [0.2, 0.25) is 0 Å². The number of piperazine rings is 1. The normalized spacial score (nSPS) is 18.8. The molecule has 1 saturated heterocycles. The van der Waals surface area contributed by atoms with Gasteiger partial charge in [0.1, 0.15) is 5.82 Å². The Bertz CT molecular complexity index is 332. The molecule has 0 bridgehead atoms. The summed E-state index contributed by atoms with van der Waals surface area (Å²) in [6.07, 6.45) is 1.72. The Balaban J connectivity index is 1.87. The molecular formula is C12H19N4. The monoisotopic (exact) mass is 219 g/mol. The van der Waals surface area contributed by atoms with Gasteiger partial charge in [0.15, 0.2) is 0 Å². The zero-order chi connectivity index (χ0) is 11.4. The van der Waals surface area contributed by atoms with Crippen molar-refractivity contribution in [1.82, 2.24) is 20.5 Å². The van der Waals surface area contributed by atoms with Crippen molar-refractivity contribution in [2.75, 3.05) is 32.7 Å². The van der Waals surface area contributed by atoms with Gasteiger partial charge < -0.3 is 4.90 Å². The van der Waals surface area contributed by atoms with Gasteiger partial charge in [0.05, 0.1) is 0 Å². The predicted molar refractivity (Wildman–Crippen MR) is 64.4 cm³/mol. The van der Waals surface area contributed by atoms with Gasteiger partial charge in [0.2, 0.25) is 0 Å². The van der Waals surface area contributed by atoms with Crippen LogP contribution in [0.4, 0.5) is 5.82 Å². The van der Waals surface area contributed by atoms with E-state index < -0.39 is 0 Å². The zero-order valence-corrected chi connectivity index (χ0v) is 9.82. The number of nitrogens with one attached hydrogen (secondary N) is 1. The number of pyridine rings is 1. The number of nitrogens with zero attached hydrogens (tertiary/aromatic N) is 3. The number of aromatic nitrogens is 1. The van der Waals surface area contributed by atoms with Gasteiger partial charge in [-0.25, -0.2) is 4.98 Å². The Morgan fingerprint density at radius 2 is 1.94 bits per heavy atom. The molecule has 0 aromatic carbocycles. The first kappa shape index (κ1) is 11.4. The van der Waals surface area contributed by atoms with Crippen molar-refractivity contribution < 1.29 is 0 Å². The zero-order valence-electron chi connectivity index (χ0n) is 9.82. The maximum Gasteiger partial charge on any atom is 0.144 e. The summed E-state index contributed by atoms with van der Waals surface area (Å²) in [6.45, 7) is 8.90. The quantitative estimate of drug-likeness (QED) is 0.765. The van der Waals surface area contributed by atoms with E-state index in [1.807, 2.05) is 12.1 Å². The summed E-state index contributed by atoms with van der Waals surface area (Å²) in [6, 6.07) is 3.86. The lowest BCUT2D eigenvalue weighted by Gasteiger charge is -2.33. The third kappa shape index (κ3) is 2.93. The fourth-order valence-electron chi connectivity index (χ4n) is 2.09. The van der Waals surface area contributed by atoms with Crippen LogP contribution in [0.5, 0.6) is 0 Å². The highest BCUT2D eigenvalue weighted by molar-refractivity contribution is 5.28. The van der Waals surface area contributed by atoms with Gasteiger partial charge in [-0.3, -0.25) is 10.6 Å². The standard InChI is InChI=1S/C12H19N4/c1-2-15-5-7-16(8-6-15)10-11-3-4-14-12(13)9-11/h3-4,9,13H,2,5-8,10H2,1H3. The molecule has 1 aliphatic heterocycles. The molecule has 0 atom stereocenters. The van der Waals surface area contributed by atoms with Gasteiger partial charge >= 0.3 is 0 Å². The van der Waals surface area contributed by atoms with Crippen LogP contribution in [0.3, 0.4) is 0 Å². The fraction of sp³-hybridized carbons (Fsp3) is 0.583. The van der Waals surface area contributed by atoms with Crippen molar-refractivity contribution in [2.24, 2.45) is 0 Å². The van der Waals surface area contributed by atoms with Crippen LogP contribution < -0.4 is 5.73 Å². The summed E-state index contributed by atoms with van der Waals surface area (Å²) in [5.41, 5.74) is 8.68. The Hall–Kier alpha value is -1.13. The van der Waals surface area contributed by atoms with Crippen molar-refractivity contribution in [2.45, 2.75) is 13.5 Å². The second-order valence-electron chi connectivity index (χ2n) is 4.26. The highest BCUT2D eigenvalue weighted by atomic mass is 15.3. The van der Waals surface area contributed by atoms with E-state index in [0.29, 0.717) is 5.82 Å². The smallest absolute Gasteiger partial charge is 0.144 e. The second-order valence-corrected chi connectivity index (χ2v) is 4.26. The molecule has 0 amide bonds. The topological polar surface area (TPSA) is 43.2 Å². The van der Waals surface area contributed by atoms with Crippen molar-refractivity contribution in [1.29, 1.82) is 0 Å². The minimum absolute atomic E-state index is 0.365. The first-order valence-corrected chi connectivity index (χ1v) is 5.89. The number of rotatable bonds is 3. The van der Waals surface area contributed by atoms with E-state index in [-0.39, 0.29) is 0 Å². The van der Waals surface area contributed by atoms with Crippen LogP contribution in [0, 0.1) is 0 Å². The van der Waals surface area contributed by atoms with E-state index in [0.717, 1.165) is 39.3 Å². The minimum atomic E-state index is 0.365. The van der Waals surface area contributed by atoms with Gasteiger partial charge in [-0.2, -0.15) is 0 Å². The summed E-state index contributed by atoms with van der Waals surface area (Å²) in [5.74, 6) is 0.365. The molecule has 4 nitrogen and oxygen atoms in total. The molecule has 0 saturated carbocycles. The Labute approximate surface area is 97.1 Å². The fourth-order valence-corrected chi connectivity index (χ4v) is 2.09. The van der Waals surface area contributed by atoms with E-state index >= 15 is 0 Å². The maximum atomic E-state index is 7.48. The molecule has 87 valence electrons. The number of hydrogen-bond donors (Lipinski definition) is 0. The van der Waals surface area contributed by atoms with E-state index in [9.17, 15) is 0 Å². The molecule has 2 rings (SSSR count). The third-order valence-corrected chi connectivity index (χ3v) is 3.14. The molecule has 1 radical (unpaired) electrons. The molecule has 1 aliphatic rings. The van der Waals surface area contributed by atoms with Crippen LogP contribution in [-0.4, -0.2) is 47.5 Å². The van der Waals surface area contributed by atoms with Gasteiger partial charge in [-0.05, 0) is 24.2 Å². The average molecular weight is 219 g/mol. The van der Waals surface area contributed by atoms with Crippen LogP contribution in [-0.2, 0) is 6.54 Å². The molecule has 4 heteroatoms. The average Bonchev–Trinajstić information content (AvgIpc) is 2.30. The van der Waals surface area contributed by atoms with Gasteiger partial charge in [-0.15, -0.1) is 0 Å². The minimum Gasteiger partial charge on any atom is -0.301 e. The molecule has 0 spiro atoms. The van der Waals surface area contributed by atoms with E-state index in [1.54, 1.807) is 6.20 Å². The van der Waals surface area contributed by atoms with E-state index in [4.69, 9.17) is 5.73 Å². The largest absolute Gasteiger partial charge is 0.301 e. The molecule has 1 N–H and O–H groups in total. The maximum absolute atomic E-state index is 7.48. The Morgan fingerprint density at radius 1 is 1.25 bits per heavy atom. The summed E-state index contributed by atoms with van der Waals surface area (Å²) in [7, 11) is 0. The second kappa shape index (κ2) is 5.27. The Kier molecular flexibility index (Phi) is 3.74. The first-order valence-electron chi connectivity index (χ1n) is 5.89. The van der Waals surface area contributed by atoms with Gasteiger partial charge in [-0.1, -0.05) is 6.92 Å². The summed E-state index contributed by atoms with van der Waals surface area (Å²) < 4.78 is 0. The van der Waals surface area contributed by atoms with Crippen molar-refractivity contribution in [3.8, 4) is 0 Å². The molecule has 0 aliphatic carbocycles. The first-order chi connectivity index (χ1) is 7.78. The molecule has 2 heterocycles. The lowest BCUT2D eigenvalue weighted by atomic mass is 10.2. The van der Waals surface area contributed by atoms with Gasteiger partial charge in [0, 0.05) is 38.9 Å². The molecule has 1 aromatic heterocycles. The van der Waals surface area contributed by atoms with E-state index in [1.165, 1.54) is 5.56 Å². The van der Waals surface area contributed by atoms with Crippen LogP contribution in [0.15, 0.2) is 18.3 Å². The van der Waals surface area contributed by atoms with Crippen LogP contribution in [0.25, 0.3) is 0 Å².